The fourth-order valence-electron chi connectivity index (χ4n) is 5.02. The monoisotopic (exact) mass is 387 g/mol. The number of hydrogen-bond acceptors (Lipinski definition) is 2. The molecule has 5 heteroatoms. The molecule has 0 aliphatic carbocycles. The van der Waals surface area contributed by atoms with Crippen molar-refractivity contribution in [2.24, 2.45) is 5.92 Å². The first-order valence-corrected chi connectivity index (χ1v) is 10.3. The summed E-state index contributed by atoms with van der Waals surface area (Å²) in [6.45, 7) is 2.16. The normalized spacial score (nSPS) is 21.4. The molecule has 1 saturated heterocycles. The zero-order valence-corrected chi connectivity index (χ0v) is 16.4. The van der Waals surface area contributed by atoms with Crippen LogP contribution in [0.25, 0.3) is 0 Å². The number of likely N-dealkylation sites (tertiary alicyclic amines) is 1. The molecule has 0 N–H and O–H groups in total. The van der Waals surface area contributed by atoms with Gasteiger partial charge in [-0.25, -0.2) is 0 Å². The van der Waals surface area contributed by atoms with E-state index in [4.69, 9.17) is 0 Å². The molecule has 4 heterocycles. The number of carbonyl (C=O) groups excluding carboxylic acids is 1. The number of nitrogens with zero attached hydrogens (tertiary/aromatic N) is 3. The average molecular weight is 387 g/mol. The van der Waals surface area contributed by atoms with E-state index in [9.17, 15) is 9.59 Å². The summed E-state index contributed by atoms with van der Waals surface area (Å²) in [4.78, 5) is 27.6. The van der Waals surface area contributed by atoms with Crippen molar-refractivity contribution in [3.05, 3.63) is 94.7 Å². The minimum atomic E-state index is -0.00428. The Morgan fingerprint density at radius 3 is 2.52 bits per heavy atom. The lowest BCUT2D eigenvalue weighted by Gasteiger charge is -2.43. The molecule has 5 rings (SSSR count). The fraction of sp³-hybridized carbons (Fsp3) is 0.333. The Morgan fingerprint density at radius 1 is 0.931 bits per heavy atom. The van der Waals surface area contributed by atoms with Crippen molar-refractivity contribution in [3.8, 4) is 0 Å². The summed E-state index contributed by atoms with van der Waals surface area (Å²) in [5.41, 5.74) is 2.30. The number of carbonyl (C=O) groups is 1. The maximum atomic E-state index is 13.3. The molecule has 3 aromatic rings. The fourth-order valence-corrected chi connectivity index (χ4v) is 5.02. The summed E-state index contributed by atoms with van der Waals surface area (Å²) in [5, 5.41) is 0. The van der Waals surface area contributed by atoms with Crippen LogP contribution in [0.15, 0.2) is 77.9 Å². The van der Waals surface area contributed by atoms with Gasteiger partial charge in [-0.3, -0.25) is 9.59 Å². The third kappa shape index (κ3) is 3.41. The molecule has 2 aromatic heterocycles. The van der Waals surface area contributed by atoms with E-state index in [1.165, 1.54) is 0 Å². The lowest BCUT2D eigenvalue weighted by Crippen LogP contribution is -2.49. The number of aromatic nitrogens is 2. The van der Waals surface area contributed by atoms with E-state index in [1.54, 1.807) is 6.07 Å². The first-order valence-electron chi connectivity index (χ1n) is 10.3. The van der Waals surface area contributed by atoms with E-state index >= 15 is 0 Å². The van der Waals surface area contributed by atoms with Gasteiger partial charge in [0.05, 0.1) is 12.5 Å². The van der Waals surface area contributed by atoms with Gasteiger partial charge in [0, 0.05) is 49.7 Å². The molecule has 2 bridgehead atoms. The lowest BCUT2D eigenvalue weighted by atomic mass is 9.83. The summed E-state index contributed by atoms with van der Waals surface area (Å²) in [5.74, 6) is 0.795. The first kappa shape index (κ1) is 18.0. The third-order valence-electron chi connectivity index (χ3n) is 6.37. The van der Waals surface area contributed by atoms with Gasteiger partial charge >= 0.3 is 0 Å². The molecule has 2 aliphatic heterocycles. The largest absolute Gasteiger partial charge is 0.346 e. The molecular weight excluding hydrogens is 362 g/mol. The van der Waals surface area contributed by atoms with Crippen LogP contribution in [0.4, 0.5) is 0 Å². The molecule has 29 heavy (non-hydrogen) atoms. The number of amides is 1. The van der Waals surface area contributed by atoms with Crippen LogP contribution in [0.2, 0.25) is 0 Å². The van der Waals surface area contributed by atoms with Gasteiger partial charge in [0.1, 0.15) is 0 Å². The van der Waals surface area contributed by atoms with Gasteiger partial charge in [-0.15, -0.1) is 0 Å². The Hall–Kier alpha value is -3.08. The standard InChI is InChI=1S/C24H25N3O2/c28-23-10-6-9-21-20-13-18(16-27(21)23)15-26(17-20)24(29)14-22(25-11-4-5-12-25)19-7-2-1-3-8-19/h1-12,18,20,22H,13-17H2/t18-,20+,22+/m1/s1. The topological polar surface area (TPSA) is 47.2 Å². The molecule has 0 saturated carbocycles. The Bertz CT molecular complexity index is 1060. The van der Waals surface area contributed by atoms with E-state index in [0.717, 1.165) is 30.8 Å². The molecule has 0 spiro atoms. The molecule has 0 radical (unpaired) electrons. The van der Waals surface area contributed by atoms with Crippen LogP contribution in [0, 0.1) is 5.92 Å². The van der Waals surface area contributed by atoms with Crippen LogP contribution >= 0.6 is 0 Å². The van der Waals surface area contributed by atoms with Crippen molar-refractivity contribution in [1.29, 1.82) is 0 Å². The molecule has 0 unspecified atom stereocenters. The predicted molar refractivity (Wildman–Crippen MR) is 112 cm³/mol. The maximum Gasteiger partial charge on any atom is 0.250 e. The summed E-state index contributed by atoms with van der Waals surface area (Å²) in [7, 11) is 0. The second kappa shape index (κ2) is 7.39. The Labute approximate surface area is 170 Å². The van der Waals surface area contributed by atoms with Crippen LogP contribution in [0.3, 0.4) is 0 Å². The van der Waals surface area contributed by atoms with E-state index in [1.807, 2.05) is 64.3 Å². The van der Waals surface area contributed by atoms with Crippen LogP contribution in [0.1, 0.15) is 36.1 Å². The molecule has 148 valence electrons. The number of benzene rings is 1. The summed E-state index contributed by atoms with van der Waals surface area (Å²) < 4.78 is 4.03. The zero-order valence-electron chi connectivity index (χ0n) is 16.4. The van der Waals surface area contributed by atoms with Crippen LogP contribution in [-0.4, -0.2) is 33.0 Å². The number of fused-ring (bicyclic) bond motifs is 4. The molecule has 3 atom stereocenters. The second-order valence-electron chi connectivity index (χ2n) is 8.26. The van der Waals surface area contributed by atoms with Gasteiger partial charge in [-0.05, 0) is 36.1 Å². The van der Waals surface area contributed by atoms with Crippen molar-refractivity contribution in [2.45, 2.75) is 31.3 Å². The predicted octanol–water partition coefficient (Wildman–Crippen LogP) is 3.28. The molecule has 2 aliphatic rings. The van der Waals surface area contributed by atoms with Crippen molar-refractivity contribution >= 4 is 5.91 Å². The van der Waals surface area contributed by atoms with Crippen molar-refractivity contribution in [2.75, 3.05) is 13.1 Å². The van der Waals surface area contributed by atoms with E-state index in [2.05, 4.69) is 16.7 Å². The summed E-state index contributed by atoms with van der Waals surface area (Å²) in [6, 6.07) is 19.7. The van der Waals surface area contributed by atoms with E-state index < -0.39 is 0 Å². The highest BCUT2D eigenvalue weighted by molar-refractivity contribution is 5.77. The molecule has 5 nitrogen and oxygen atoms in total. The number of rotatable bonds is 4. The Kier molecular flexibility index (Phi) is 4.58. The Balaban J connectivity index is 1.38. The van der Waals surface area contributed by atoms with Crippen LogP contribution < -0.4 is 5.56 Å². The lowest BCUT2D eigenvalue weighted by molar-refractivity contribution is -0.134. The number of piperidine rings is 1. The summed E-state index contributed by atoms with van der Waals surface area (Å²) in [6.07, 6.45) is 5.56. The van der Waals surface area contributed by atoms with Crippen molar-refractivity contribution in [1.82, 2.24) is 14.0 Å². The highest BCUT2D eigenvalue weighted by Crippen LogP contribution is 2.35. The molecular formula is C24H25N3O2. The number of pyridine rings is 1. The van der Waals surface area contributed by atoms with E-state index in [-0.39, 0.29) is 23.4 Å². The highest BCUT2D eigenvalue weighted by Gasteiger charge is 2.36. The second-order valence-corrected chi connectivity index (χ2v) is 8.26. The van der Waals surface area contributed by atoms with Gasteiger partial charge < -0.3 is 14.0 Å². The Morgan fingerprint density at radius 2 is 1.72 bits per heavy atom. The molecule has 1 aromatic carbocycles. The quantitative estimate of drug-likeness (QED) is 0.690. The van der Waals surface area contributed by atoms with Crippen LogP contribution in [-0.2, 0) is 11.3 Å². The minimum absolute atomic E-state index is 0.00428. The minimum Gasteiger partial charge on any atom is -0.346 e. The van der Waals surface area contributed by atoms with Crippen LogP contribution in [0.5, 0.6) is 0 Å². The molecule has 1 fully saturated rings. The third-order valence-corrected chi connectivity index (χ3v) is 6.37. The first-order chi connectivity index (χ1) is 14.2. The van der Waals surface area contributed by atoms with E-state index in [0.29, 0.717) is 18.9 Å². The highest BCUT2D eigenvalue weighted by atomic mass is 16.2. The van der Waals surface area contributed by atoms with Gasteiger partial charge in [0.15, 0.2) is 0 Å². The smallest absolute Gasteiger partial charge is 0.250 e. The van der Waals surface area contributed by atoms with Gasteiger partial charge in [-0.1, -0.05) is 36.4 Å². The SMILES string of the molecule is O=C(C[C@@H](c1ccccc1)n1cccc1)N1C[C@H]2C[C@@H](C1)c1cccc(=O)n1C2. The van der Waals surface area contributed by atoms with Crippen molar-refractivity contribution < 1.29 is 4.79 Å². The zero-order chi connectivity index (χ0) is 19.8. The number of hydrogen-bond donors (Lipinski definition) is 0. The van der Waals surface area contributed by atoms with Gasteiger partial charge in [-0.2, -0.15) is 0 Å². The molecule has 1 amide bonds. The van der Waals surface area contributed by atoms with Gasteiger partial charge in [0.2, 0.25) is 5.91 Å². The maximum absolute atomic E-state index is 13.3. The van der Waals surface area contributed by atoms with Gasteiger partial charge in [0.25, 0.3) is 5.56 Å². The average Bonchev–Trinajstić information content (AvgIpc) is 3.28. The summed E-state index contributed by atoms with van der Waals surface area (Å²) >= 11 is 0. The van der Waals surface area contributed by atoms with Crippen molar-refractivity contribution in [3.63, 3.8) is 0 Å².